The topological polar surface area (TPSA) is 52.6 Å². The van der Waals surface area contributed by atoms with Crippen molar-refractivity contribution in [2.24, 2.45) is 0 Å². The van der Waals surface area contributed by atoms with Gasteiger partial charge in [-0.1, -0.05) is 13.2 Å². The summed E-state index contributed by atoms with van der Waals surface area (Å²) in [5.74, 6) is -45.5. The minimum absolute atomic E-state index is 0.393. The molecule has 1 atom stereocenters. The van der Waals surface area contributed by atoms with Gasteiger partial charge in [0.2, 0.25) is 0 Å². The summed E-state index contributed by atoms with van der Waals surface area (Å²) in [6, 6.07) is 0. The molecule has 0 bridgehead atoms. The lowest BCUT2D eigenvalue weighted by Crippen LogP contribution is -2.70. The molecule has 0 aromatic heterocycles. The van der Waals surface area contributed by atoms with E-state index in [2.05, 4.69) is 22.6 Å². The van der Waals surface area contributed by atoms with Crippen LogP contribution < -0.4 is 0 Å². The molecule has 0 aliphatic heterocycles. The van der Waals surface area contributed by atoms with Crippen LogP contribution in [0, 0.1) is 0 Å². The van der Waals surface area contributed by atoms with Gasteiger partial charge in [0.25, 0.3) is 0 Å². The van der Waals surface area contributed by atoms with Gasteiger partial charge in [-0.25, -0.2) is 9.59 Å². The Labute approximate surface area is 184 Å². The third-order valence-corrected chi connectivity index (χ3v) is 4.05. The molecule has 0 aromatic rings. The molecule has 0 saturated heterocycles. The maximum Gasteiger partial charge on any atom is 0.384 e. The van der Waals surface area contributed by atoms with Gasteiger partial charge < -0.3 is 9.47 Å². The van der Waals surface area contributed by atoms with E-state index in [1.165, 1.54) is 0 Å². The maximum absolute atomic E-state index is 14.1. The third-order valence-electron chi connectivity index (χ3n) is 4.05. The third kappa shape index (κ3) is 5.79. The normalized spacial score (nSPS) is 14.9. The van der Waals surface area contributed by atoms with Crippen LogP contribution in [-0.4, -0.2) is 60.2 Å². The summed E-state index contributed by atoms with van der Waals surface area (Å²) in [5.41, 5.74) is -0.955. The molecule has 0 heterocycles. The first kappa shape index (κ1) is 31.6. The lowest BCUT2D eigenvalue weighted by atomic mass is 9.90. The van der Waals surface area contributed by atoms with E-state index in [0.29, 0.717) is 0 Å². The average Bonchev–Trinajstić information content (AvgIpc) is 2.63. The van der Waals surface area contributed by atoms with Gasteiger partial charge in [0.15, 0.2) is 0 Å². The van der Waals surface area contributed by atoms with E-state index in [9.17, 15) is 62.3 Å². The summed E-state index contributed by atoms with van der Waals surface area (Å²) < 4.78 is 171. The number of ether oxygens (including phenoxy) is 2. The number of carbonyl (C=O) groups excluding carboxylic acids is 2. The van der Waals surface area contributed by atoms with Crippen molar-refractivity contribution in [2.45, 2.75) is 68.8 Å². The van der Waals surface area contributed by atoms with Gasteiger partial charge in [-0.05, 0) is 13.8 Å². The Hall–Kier alpha value is -2.42. The van der Waals surface area contributed by atoms with Gasteiger partial charge in [0.1, 0.15) is 12.7 Å². The Balaban J connectivity index is 6.27. The summed E-state index contributed by atoms with van der Waals surface area (Å²) in [7, 11) is 0. The summed E-state index contributed by atoms with van der Waals surface area (Å²) in [4.78, 5) is 22.8. The lowest BCUT2D eigenvalue weighted by molar-refractivity contribution is -0.424. The zero-order valence-electron chi connectivity index (χ0n) is 17.6. The highest BCUT2D eigenvalue weighted by Crippen LogP contribution is 2.60. The van der Waals surface area contributed by atoms with Gasteiger partial charge >= 0.3 is 47.5 Å². The van der Waals surface area contributed by atoms with Crippen molar-refractivity contribution in [3.8, 4) is 0 Å². The summed E-state index contributed by atoms with van der Waals surface area (Å²) >= 11 is 0. The van der Waals surface area contributed by atoms with Gasteiger partial charge in [0, 0.05) is 18.1 Å². The molecule has 0 saturated carbocycles. The second-order valence-electron chi connectivity index (χ2n) is 7.28. The fraction of sp³-hybridized carbons (Fsp3) is 0.667. The van der Waals surface area contributed by atoms with E-state index >= 15 is 0 Å². The van der Waals surface area contributed by atoms with E-state index in [1.807, 2.05) is 0 Å². The van der Waals surface area contributed by atoms with E-state index in [1.54, 1.807) is 0 Å². The highest BCUT2D eigenvalue weighted by molar-refractivity contribution is 5.87. The number of halogens is 12. The average molecular weight is 526 g/mol. The first-order valence-corrected chi connectivity index (χ1v) is 8.74. The maximum atomic E-state index is 14.1. The molecule has 198 valence electrons. The Bertz CT molecular complexity index is 814. The quantitative estimate of drug-likeness (QED) is 0.183. The molecule has 0 aliphatic rings. The predicted octanol–water partition coefficient (Wildman–Crippen LogP) is 5.82. The zero-order valence-corrected chi connectivity index (χ0v) is 17.6. The summed E-state index contributed by atoms with van der Waals surface area (Å²) in [5, 5.41) is 0. The molecule has 0 amide bonds. The molecule has 0 N–H and O–H groups in total. The number of carbonyl (C=O) groups is 2. The Morgan fingerprint density at radius 1 is 0.706 bits per heavy atom. The van der Waals surface area contributed by atoms with Crippen LogP contribution in [0.2, 0.25) is 0 Å². The van der Waals surface area contributed by atoms with E-state index in [4.69, 9.17) is 0 Å². The molecule has 4 nitrogen and oxygen atoms in total. The SMILES string of the molecule is C=C(C)C(=O)OCC(CC(F)(F)C(F)(F)C(F)(F)C(F)(F)C(F)(F)C(C)(F)F)OC(=O)C(=C)C. The van der Waals surface area contributed by atoms with Crippen molar-refractivity contribution in [1.82, 2.24) is 0 Å². The highest BCUT2D eigenvalue weighted by Gasteiger charge is 2.89. The molecule has 0 spiro atoms. The van der Waals surface area contributed by atoms with Crippen molar-refractivity contribution >= 4 is 11.9 Å². The van der Waals surface area contributed by atoms with E-state index in [0.717, 1.165) is 13.8 Å². The molecule has 0 rings (SSSR count). The fourth-order valence-electron chi connectivity index (χ4n) is 1.99. The monoisotopic (exact) mass is 526 g/mol. The van der Waals surface area contributed by atoms with Crippen LogP contribution in [0.3, 0.4) is 0 Å². The van der Waals surface area contributed by atoms with Crippen LogP contribution >= 0.6 is 0 Å². The number of esters is 2. The first-order chi connectivity index (χ1) is 14.8. The second-order valence-corrected chi connectivity index (χ2v) is 7.28. The van der Waals surface area contributed by atoms with Crippen molar-refractivity contribution < 1.29 is 71.7 Å². The second kappa shape index (κ2) is 9.68. The molecule has 1 unspecified atom stereocenters. The number of hydrogen-bond donors (Lipinski definition) is 0. The number of alkyl halides is 12. The van der Waals surface area contributed by atoms with Crippen molar-refractivity contribution in [1.29, 1.82) is 0 Å². The first-order valence-electron chi connectivity index (χ1n) is 8.74. The molecule has 0 aromatic carbocycles. The Morgan fingerprint density at radius 2 is 1.09 bits per heavy atom. The molecule has 16 heteroatoms. The zero-order chi connectivity index (χ0) is 27.7. The van der Waals surface area contributed by atoms with E-state index in [-0.39, 0.29) is 0 Å². The lowest BCUT2D eigenvalue weighted by Gasteiger charge is -2.41. The Morgan fingerprint density at radius 3 is 1.44 bits per heavy atom. The van der Waals surface area contributed by atoms with Crippen LogP contribution in [0.1, 0.15) is 27.2 Å². The van der Waals surface area contributed by atoms with Crippen LogP contribution in [0.25, 0.3) is 0 Å². The highest BCUT2D eigenvalue weighted by atomic mass is 19.4. The van der Waals surface area contributed by atoms with E-state index < -0.39 is 84.7 Å². The van der Waals surface area contributed by atoms with Gasteiger partial charge in [-0.15, -0.1) is 0 Å². The number of rotatable bonds is 12. The van der Waals surface area contributed by atoms with Crippen LogP contribution in [-0.2, 0) is 19.1 Å². The largest absolute Gasteiger partial charge is 0.458 e. The summed E-state index contributed by atoms with van der Waals surface area (Å²) in [6.07, 6.45) is -5.52. The molecule has 0 aliphatic carbocycles. The predicted molar refractivity (Wildman–Crippen MR) is 90.4 cm³/mol. The van der Waals surface area contributed by atoms with Crippen molar-refractivity contribution in [3.05, 3.63) is 24.3 Å². The molecular weight excluding hydrogens is 508 g/mol. The van der Waals surface area contributed by atoms with Gasteiger partial charge in [-0.2, -0.15) is 52.7 Å². The van der Waals surface area contributed by atoms with Crippen molar-refractivity contribution in [3.63, 3.8) is 0 Å². The smallest absolute Gasteiger partial charge is 0.384 e. The summed E-state index contributed by atoms with van der Waals surface area (Å²) in [6.45, 7) is 5.44. The standard InChI is InChI=1S/C18H18F12O4/c1-8(2)11(31)33-7-10(34-12(32)9(3)4)6-14(21,22)16(25,26)18(29,30)17(27,28)15(23,24)13(5,19)20/h10H,1,3,6-7H2,2,4-5H3. The molecular formula is C18H18F12O4. The van der Waals surface area contributed by atoms with Crippen LogP contribution in [0.15, 0.2) is 24.3 Å². The minimum atomic E-state index is -7.76. The minimum Gasteiger partial charge on any atom is -0.458 e. The fourth-order valence-corrected chi connectivity index (χ4v) is 1.99. The molecule has 34 heavy (non-hydrogen) atoms. The van der Waals surface area contributed by atoms with Crippen LogP contribution in [0.4, 0.5) is 52.7 Å². The van der Waals surface area contributed by atoms with Crippen molar-refractivity contribution in [2.75, 3.05) is 6.61 Å². The number of hydrogen-bond acceptors (Lipinski definition) is 4. The molecule has 0 fully saturated rings. The van der Waals surface area contributed by atoms with Gasteiger partial charge in [0.05, 0.1) is 6.42 Å². The van der Waals surface area contributed by atoms with Gasteiger partial charge in [-0.3, -0.25) is 0 Å². The van der Waals surface area contributed by atoms with Crippen LogP contribution in [0.5, 0.6) is 0 Å². The molecule has 0 radical (unpaired) electrons. The Kier molecular flexibility index (Phi) is 8.99.